The highest BCUT2D eigenvalue weighted by Crippen LogP contribution is 2.43. The van der Waals surface area contributed by atoms with E-state index in [1.54, 1.807) is 36.4 Å². The predicted molar refractivity (Wildman–Crippen MR) is 124 cm³/mol. The van der Waals surface area contributed by atoms with E-state index in [1.165, 1.54) is 11.8 Å². The SMILES string of the molecule is Cc1ccc(C2=C(Sc3ccc(Cl)cc3)C(=O)N(c3ccccc3Cl)C2=O)c(C)c1. The molecule has 0 radical (unpaired) electrons. The van der Waals surface area contributed by atoms with E-state index in [4.69, 9.17) is 23.2 Å². The molecule has 1 heterocycles. The molecule has 30 heavy (non-hydrogen) atoms. The summed E-state index contributed by atoms with van der Waals surface area (Å²) in [5, 5.41) is 0.950. The Morgan fingerprint density at radius 2 is 1.53 bits per heavy atom. The predicted octanol–water partition coefficient (Wildman–Crippen LogP) is 6.69. The number of aryl methyl sites for hydroxylation is 2. The van der Waals surface area contributed by atoms with Crippen LogP contribution in [0, 0.1) is 13.8 Å². The third kappa shape index (κ3) is 3.79. The van der Waals surface area contributed by atoms with E-state index in [0.717, 1.165) is 26.5 Å². The van der Waals surface area contributed by atoms with Crippen molar-refractivity contribution in [1.29, 1.82) is 0 Å². The molecule has 0 aromatic heterocycles. The first-order chi connectivity index (χ1) is 14.4. The fourth-order valence-corrected chi connectivity index (χ4v) is 4.74. The Bertz CT molecular complexity index is 1200. The Morgan fingerprint density at radius 3 is 2.20 bits per heavy atom. The summed E-state index contributed by atoms with van der Waals surface area (Å²) in [6, 6.07) is 19.9. The number of thioether (sulfide) groups is 1. The van der Waals surface area contributed by atoms with Crippen molar-refractivity contribution in [3.8, 4) is 0 Å². The molecule has 0 bridgehead atoms. The van der Waals surface area contributed by atoms with E-state index >= 15 is 0 Å². The zero-order valence-corrected chi connectivity index (χ0v) is 18.6. The van der Waals surface area contributed by atoms with Gasteiger partial charge in [0.05, 0.1) is 21.2 Å². The first-order valence-corrected chi connectivity index (χ1v) is 10.8. The molecule has 2 amide bonds. The van der Waals surface area contributed by atoms with E-state index in [9.17, 15) is 9.59 Å². The number of hydrogen-bond acceptors (Lipinski definition) is 3. The number of benzene rings is 3. The molecule has 3 aromatic carbocycles. The lowest BCUT2D eigenvalue weighted by Gasteiger charge is -2.17. The first kappa shape index (κ1) is 20.7. The van der Waals surface area contributed by atoms with Gasteiger partial charge in [0, 0.05) is 9.92 Å². The van der Waals surface area contributed by atoms with Gasteiger partial charge < -0.3 is 0 Å². The fraction of sp³-hybridized carbons (Fsp3) is 0.0833. The molecule has 3 nitrogen and oxygen atoms in total. The molecule has 3 aromatic rings. The maximum absolute atomic E-state index is 13.5. The Morgan fingerprint density at radius 1 is 0.833 bits per heavy atom. The maximum Gasteiger partial charge on any atom is 0.272 e. The summed E-state index contributed by atoms with van der Waals surface area (Å²) < 4.78 is 0. The second kappa shape index (κ2) is 8.31. The van der Waals surface area contributed by atoms with Crippen molar-refractivity contribution >= 4 is 58.0 Å². The highest BCUT2D eigenvalue weighted by molar-refractivity contribution is 8.04. The number of rotatable bonds is 4. The lowest BCUT2D eigenvalue weighted by molar-refractivity contribution is -0.119. The van der Waals surface area contributed by atoms with Crippen LogP contribution in [0.4, 0.5) is 5.69 Å². The molecule has 1 aliphatic heterocycles. The van der Waals surface area contributed by atoms with Crippen molar-refractivity contribution in [2.45, 2.75) is 18.7 Å². The van der Waals surface area contributed by atoms with Crippen molar-refractivity contribution in [1.82, 2.24) is 0 Å². The number of amides is 2. The standard InChI is InChI=1S/C24H17Cl2NO2S/c1-14-7-12-18(15(2)13-14)21-22(30-17-10-8-16(25)9-11-17)24(29)27(23(21)28)20-6-4-3-5-19(20)26/h3-13H,1-2H3. The summed E-state index contributed by atoms with van der Waals surface area (Å²) in [4.78, 5) is 29.3. The normalized spacial score (nSPS) is 14.1. The lowest BCUT2D eigenvalue weighted by atomic mass is 9.99. The van der Waals surface area contributed by atoms with Gasteiger partial charge in [0.25, 0.3) is 11.8 Å². The monoisotopic (exact) mass is 453 g/mol. The molecule has 0 unspecified atom stereocenters. The number of nitrogens with zero attached hydrogens (tertiary/aromatic N) is 1. The summed E-state index contributed by atoms with van der Waals surface area (Å²) in [7, 11) is 0. The molecule has 1 aliphatic rings. The smallest absolute Gasteiger partial charge is 0.268 e. The third-order valence-corrected chi connectivity index (χ3v) is 6.48. The van der Waals surface area contributed by atoms with Crippen LogP contribution in [0.2, 0.25) is 10.0 Å². The quantitative estimate of drug-likeness (QED) is 0.413. The molecule has 0 aliphatic carbocycles. The van der Waals surface area contributed by atoms with Gasteiger partial charge in [0.15, 0.2) is 0 Å². The molecule has 0 saturated heterocycles. The average molecular weight is 454 g/mol. The second-order valence-corrected chi connectivity index (χ2v) is 8.90. The van der Waals surface area contributed by atoms with Crippen LogP contribution in [-0.4, -0.2) is 11.8 Å². The van der Waals surface area contributed by atoms with E-state index in [-0.39, 0.29) is 11.8 Å². The van der Waals surface area contributed by atoms with Crippen LogP contribution in [-0.2, 0) is 9.59 Å². The molecular formula is C24H17Cl2NO2S. The Labute approximate surface area is 189 Å². The number of carbonyl (C=O) groups excluding carboxylic acids is 2. The maximum atomic E-state index is 13.5. The van der Waals surface area contributed by atoms with Gasteiger partial charge in [-0.3, -0.25) is 9.59 Å². The van der Waals surface area contributed by atoms with Gasteiger partial charge in [-0.2, -0.15) is 0 Å². The van der Waals surface area contributed by atoms with Gasteiger partial charge in [-0.15, -0.1) is 0 Å². The van der Waals surface area contributed by atoms with E-state index in [1.807, 2.05) is 44.2 Å². The van der Waals surface area contributed by atoms with Crippen molar-refractivity contribution < 1.29 is 9.59 Å². The molecule has 6 heteroatoms. The van der Waals surface area contributed by atoms with Crippen molar-refractivity contribution in [3.63, 3.8) is 0 Å². The van der Waals surface area contributed by atoms with Crippen molar-refractivity contribution in [2.75, 3.05) is 4.90 Å². The number of anilines is 1. The molecule has 0 fully saturated rings. The Kier molecular flexibility index (Phi) is 5.74. The molecule has 150 valence electrons. The second-order valence-electron chi connectivity index (χ2n) is 6.98. The summed E-state index contributed by atoms with van der Waals surface area (Å²) in [5.74, 6) is -0.764. The zero-order valence-electron chi connectivity index (χ0n) is 16.3. The minimum absolute atomic E-state index is 0.344. The Balaban J connectivity index is 1.87. The highest BCUT2D eigenvalue weighted by Gasteiger charge is 2.41. The number of hydrogen-bond donors (Lipinski definition) is 0. The molecule has 4 rings (SSSR count). The van der Waals surface area contributed by atoms with E-state index in [0.29, 0.717) is 26.2 Å². The fourth-order valence-electron chi connectivity index (χ4n) is 3.41. The van der Waals surface area contributed by atoms with Gasteiger partial charge in [0.2, 0.25) is 0 Å². The van der Waals surface area contributed by atoms with Gasteiger partial charge in [0.1, 0.15) is 0 Å². The lowest BCUT2D eigenvalue weighted by Crippen LogP contribution is -2.31. The minimum atomic E-state index is -0.386. The van der Waals surface area contributed by atoms with Gasteiger partial charge in [-0.05, 0) is 61.4 Å². The van der Waals surface area contributed by atoms with E-state index in [2.05, 4.69) is 0 Å². The summed E-state index contributed by atoms with van der Waals surface area (Å²) >= 11 is 13.6. The number of imide groups is 1. The molecule has 0 saturated carbocycles. The topological polar surface area (TPSA) is 37.4 Å². The average Bonchev–Trinajstić information content (AvgIpc) is 2.94. The van der Waals surface area contributed by atoms with Crippen molar-refractivity contribution in [3.05, 3.63) is 98.4 Å². The van der Waals surface area contributed by atoms with Crippen LogP contribution in [0.15, 0.2) is 76.5 Å². The summed E-state index contributed by atoms with van der Waals surface area (Å²) in [6.07, 6.45) is 0. The molecule has 0 spiro atoms. The highest BCUT2D eigenvalue weighted by atomic mass is 35.5. The Hall–Kier alpha value is -2.53. The summed E-state index contributed by atoms with van der Waals surface area (Å²) in [5.41, 5.74) is 3.52. The van der Waals surface area contributed by atoms with Crippen LogP contribution in [0.25, 0.3) is 5.57 Å². The van der Waals surface area contributed by atoms with Crippen LogP contribution in [0.1, 0.15) is 16.7 Å². The number of carbonyl (C=O) groups is 2. The largest absolute Gasteiger partial charge is 0.272 e. The minimum Gasteiger partial charge on any atom is -0.268 e. The van der Waals surface area contributed by atoms with Crippen LogP contribution < -0.4 is 4.90 Å². The molecular weight excluding hydrogens is 437 g/mol. The number of halogens is 2. The van der Waals surface area contributed by atoms with Crippen LogP contribution in [0.5, 0.6) is 0 Å². The van der Waals surface area contributed by atoms with Gasteiger partial charge >= 0.3 is 0 Å². The molecule has 0 N–H and O–H groups in total. The van der Waals surface area contributed by atoms with Gasteiger partial charge in [-0.25, -0.2) is 4.90 Å². The van der Waals surface area contributed by atoms with Gasteiger partial charge in [-0.1, -0.05) is 70.9 Å². The summed E-state index contributed by atoms with van der Waals surface area (Å²) in [6.45, 7) is 3.93. The van der Waals surface area contributed by atoms with Crippen LogP contribution >= 0.6 is 35.0 Å². The third-order valence-electron chi connectivity index (χ3n) is 4.82. The van der Waals surface area contributed by atoms with Crippen molar-refractivity contribution in [2.24, 2.45) is 0 Å². The number of para-hydroxylation sites is 1. The van der Waals surface area contributed by atoms with E-state index < -0.39 is 0 Å². The first-order valence-electron chi connectivity index (χ1n) is 9.25. The zero-order chi connectivity index (χ0) is 21.4. The van der Waals surface area contributed by atoms with Crippen LogP contribution in [0.3, 0.4) is 0 Å². The molecule has 0 atom stereocenters.